The van der Waals surface area contributed by atoms with Gasteiger partial charge in [0.15, 0.2) is 0 Å². The smallest absolute Gasteiger partial charge is 0.416 e. The van der Waals surface area contributed by atoms with Gasteiger partial charge in [-0.1, -0.05) is 36.4 Å². The summed E-state index contributed by atoms with van der Waals surface area (Å²) in [6.07, 6.45) is -4.48. The van der Waals surface area contributed by atoms with Crippen molar-refractivity contribution < 1.29 is 17.9 Å². The molecule has 0 fully saturated rings. The fourth-order valence-corrected chi connectivity index (χ4v) is 2.62. The minimum absolute atomic E-state index is 0.0187. The van der Waals surface area contributed by atoms with Crippen molar-refractivity contribution in [3.05, 3.63) is 76.7 Å². The molecule has 116 valence electrons. The van der Waals surface area contributed by atoms with Crippen LogP contribution in [-0.2, 0) is 6.18 Å². The number of nitriles is 1. The molecule has 0 saturated carbocycles. The zero-order valence-corrected chi connectivity index (χ0v) is 11.8. The second kappa shape index (κ2) is 5.36. The number of hydrogen-bond acceptors (Lipinski definition) is 3. The first-order valence-electron chi connectivity index (χ1n) is 6.75. The molecule has 6 heteroatoms. The maximum atomic E-state index is 12.9. The predicted octanol–water partition coefficient (Wildman–Crippen LogP) is 3.92. The van der Waals surface area contributed by atoms with E-state index >= 15 is 0 Å². The zero-order valence-electron chi connectivity index (χ0n) is 11.8. The summed E-state index contributed by atoms with van der Waals surface area (Å²) in [6.45, 7) is 0. The molecule has 0 aliphatic carbocycles. The highest BCUT2D eigenvalue weighted by Gasteiger charge is 2.35. The van der Waals surface area contributed by atoms with Crippen molar-refractivity contribution in [2.24, 2.45) is 5.73 Å². The van der Waals surface area contributed by atoms with Crippen LogP contribution in [0.25, 0.3) is 0 Å². The minimum Gasteiger partial charge on any atom is -0.440 e. The maximum absolute atomic E-state index is 12.9. The molecule has 0 unspecified atom stereocenters. The molecule has 2 N–H and O–H groups in total. The molecule has 3 nitrogen and oxygen atoms in total. The van der Waals surface area contributed by atoms with E-state index < -0.39 is 17.7 Å². The van der Waals surface area contributed by atoms with Crippen molar-refractivity contribution >= 4 is 0 Å². The average Bonchev–Trinajstić information content (AvgIpc) is 2.53. The van der Waals surface area contributed by atoms with Crippen LogP contribution in [0, 0.1) is 11.3 Å². The van der Waals surface area contributed by atoms with E-state index in [1.165, 1.54) is 6.07 Å². The monoisotopic (exact) mass is 316 g/mol. The van der Waals surface area contributed by atoms with Gasteiger partial charge < -0.3 is 10.5 Å². The summed E-state index contributed by atoms with van der Waals surface area (Å²) in [5.41, 5.74) is 6.35. The van der Waals surface area contributed by atoms with Crippen LogP contribution in [0.5, 0.6) is 5.75 Å². The number of halogens is 3. The third-order valence-electron chi connectivity index (χ3n) is 3.68. The first-order chi connectivity index (χ1) is 10.9. The van der Waals surface area contributed by atoms with Crippen LogP contribution in [0.3, 0.4) is 0 Å². The number of nitrogens with zero attached hydrogens (tertiary/aromatic N) is 1. The van der Waals surface area contributed by atoms with Crippen molar-refractivity contribution in [1.29, 1.82) is 5.26 Å². The Labute approximate surface area is 130 Å². The first-order valence-corrected chi connectivity index (χ1v) is 6.75. The number of nitrogens with two attached hydrogens (primary N) is 1. The number of hydrogen-bond donors (Lipinski definition) is 1. The van der Waals surface area contributed by atoms with Crippen LogP contribution in [0.1, 0.15) is 22.6 Å². The molecule has 3 rings (SSSR count). The Morgan fingerprint density at radius 1 is 1.09 bits per heavy atom. The van der Waals surface area contributed by atoms with Crippen LogP contribution < -0.4 is 10.5 Å². The molecule has 0 amide bonds. The molecule has 2 aromatic rings. The lowest BCUT2D eigenvalue weighted by atomic mass is 9.83. The molecular weight excluding hydrogens is 305 g/mol. The molecule has 0 aromatic heterocycles. The van der Waals surface area contributed by atoms with Gasteiger partial charge in [-0.3, -0.25) is 0 Å². The summed E-state index contributed by atoms with van der Waals surface area (Å²) in [7, 11) is 0. The Balaban J connectivity index is 2.19. The molecule has 0 radical (unpaired) electrons. The van der Waals surface area contributed by atoms with Gasteiger partial charge in [-0.2, -0.15) is 18.4 Å². The normalized spacial score (nSPS) is 17.2. The van der Waals surface area contributed by atoms with E-state index in [1.54, 1.807) is 24.3 Å². The van der Waals surface area contributed by atoms with Crippen molar-refractivity contribution in [3.63, 3.8) is 0 Å². The third kappa shape index (κ3) is 2.61. The number of fused-ring (bicyclic) bond motifs is 1. The van der Waals surface area contributed by atoms with E-state index in [0.29, 0.717) is 5.56 Å². The van der Waals surface area contributed by atoms with E-state index in [-0.39, 0.29) is 17.2 Å². The van der Waals surface area contributed by atoms with Gasteiger partial charge in [-0.15, -0.1) is 0 Å². The highest BCUT2D eigenvalue weighted by atomic mass is 19.4. The van der Waals surface area contributed by atoms with E-state index in [2.05, 4.69) is 0 Å². The fraction of sp³-hybridized carbons (Fsp3) is 0.118. The molecule has 1 heterocycles. The minimum atomic E-state index is -4.48. The van der Waals surface area contributed by atoms with Gasteiger partial charge in [-0.25, -0.2) is 0 Å². The number of allylic oxidation sites excluding steroid dienone is 1. The van der Waals surface area contributed by atoms with E-state index in [0.717, 1.165) is 17.7 Å². The second-order valence-corrected chi connectivity index (χ2v) is 5.09. The lowest BCUT2D eigenvalue weighted by Gasteiger charge is -2.27. The predicted molar refractivity (Wildman–Crippen MR) is 77.2 cm³/mol. The highest BCUT2D eigenvalue weighted by Crippen LogP contribution is 2.44. The van der Waals surface area contributed by atoms with Crippen LogP contribution in [0.2, 0.25) is 0 Å². The van der Waals surface area contributed by atoms with Gasteiger partial charge in [0.05, 0.1) is 11.5 Å². The van der Waals surface area contributed by atoms with E-state index in [1.807, 2.05) is 12.1 Å². The SMILES string of the molecule is N#CC1=C(N)Oc2cc(C(F)(F)F)ccc2[C@@H]1c1ccccc1. The molecule has 1 atom stereocenters. The topological polar surface area (TPSA) is 59.0 Å². The van der Waals surface area contributed by atoms with E-state index in [4.69, 9.17) is 10.5 Å². The van der Waals surface area contributed by atoms with Crippen molar-refractivity contribution in [2.75, 3.05) is 0 Å². The van der Waals surface area contributed by atoms with Crippen LogP contribution in [0.15, 0.2) is 60.0 Å². The third-order valence-corrected chi connectivity index (χ3v) is 3.68. The number of alkyl halides is 3. The Morgan fingerprint density at radius 2 is 1.78 bits per heavy atom. The summed E-state index contributed by atoms with van der Waals surface area (Å²) in [6, 6.07) is 14.2. The number of ether oxygens (including phenoxy) is 1. The quantitative estimate of drug-likeness (QED) is 0.867. The summed E-state index contributed by atoms with van der Waals surface area (Å²) in [5.74, 6) is -0.703. The highest BCUT2D eigenvalue weighted by molar-refractivity contribution is 5.56. The largest absolute Gasteiger partial charge is 0.440 e. The van der Waals surface area contributed by atoms with Gasteiger partial charge in [0.25, 0.3) is 0 Å². The molecule has 1 aliphatic rings. The van der Waals surface area contributed by atoms with Crippen molar-refractivity contribution in [1.82, 2.24) is 0 Å². The second-order valence-electron chi connectivity index (χ2n) is 5.09. The van der Waals surface area contributed by atoms with Gasteiger partial charge in [-0.05, 0) is 17.7 Å². The Morgan fingerprint density at radius 3 is 2.39 bits per heavy atom. The first kappa shape index (κ1) is 15.0. The van der Waals surface area contributed by atoms with Gasteiger partial charge >= 0.3 is 6.18 Å². The van der Waals surface area contributed by atoms with Crippen LogP contribution >= 0.6 is 0 Å². The van der Waals surface area contributed by atoms with Gasteiger partial charge in [0.1, 0.15) is 17.4 Å². The Hall–Kier alpha value is -2.94. The number of benzene rings is 2. The van der Waals surface area contributed by atoms with Crippen molar-refractivity contribution in [3.8, 4) is 11.8 Å². The molecule has 1 aliphatic heterocycles. The lowest BCUT2D eigenvalue weighted by molar-refractivity contribution is -0.137. The average molecular weight is 316 g/mol. The Bertz CT molecular complexity index is 820. The Kier molecular flexibility index (Phi) is 3.49. The summed E-state index contributed by atoms with van der Waals surface area (Å²) >= 11 is 0. The molecule has 0 spiro atoms. The van der Waals surface area contributed by atoms with Gasteiger partial charge in [0, 0.05) is 5.56 Å². The van der Waals surface area contributed by atoms with E-state index in [9.17, 15) is 18.4 Å². The van der Waals surface area contributed by atoms with Gasteiger partial charge in [0.2, 0.25) is 5.88 Å². The molecule has 0 saturated heterocycles. The summed E-state index contributed by atoms with van der Waals surface area (Å²) in [5, 5.41) is 9.35. The molecule has 0 bridgehead atoms. The number of rotatable bonds is 1. The summed E-state index contributed by atoms with van der Waals surface area (Å²) in [4.78, 5) is 0. The van der Waals surface area contributed by atoms with Crippen molar-refractivity contribution in [2.45, 2.75) is 12.1 Å². The van der Waals surface area contributed by atoms with Crippen LogP contribution in [0.4, 0.5) is 13.2 Å². The molecular formula is C17H11F3N2O. The standard InChI is InChI=1S/C17H11F3N2O/c18-17(19,20)11-6-7-12-14(8-11)23-16(22)13(9-21)15(12)10-4-2-1-3-5-10/h1-8,15H,22H2/t15-/m0/s1. The molecule has 23 heavy (non-hydrogen) atoms. The maximum Gasteiger partial charge on any atom is 0.416 e. The molecule has 2 aromatic carbocycles. The van der Waals surface area contributed by atoms with Crippen LogP contribution in [-0.4, -0.2) is 0 Å². The summed E-state index contributed by atoms with van der Waals surface area (Å²) < 4.78 is 43.9. The lowest BCUT2D eigenvalue weighted by Crippen LogP contribution is -2.21. The fourth-order valence-electron chi connectivity index (χ4n) is 2.62. The zero-order chi connectivity index (χ0) is 16.6.